The van der Waals surface area contributed by atoms with Crippen LogP contribution < -0.4 is 5.73 Å². The van der Waals surface area contributed by atoms with Gasteiger partial charge in [0.15, 0.2) is 0 Å². The summed E-state index contributed by atoms with van der Waals surface area (Å²) < 4.78 is 0. The Morgan fingerprint density at radius 1 is 1.15 bits per heavy atom. The summed E-state index contributed by atoms with van der Waals surface area (Å²) in [4.78, 5) is 2.63. The van der Waals surface area contributed by atoms with Crippen LogP contribution in [-0.4, -0.2) is 0 Å². The number of nitrogens with two attached hydrogens (primary N) is 1. The third kappa shape index (κ3) is 2.18. The number of rotatable bonds is 3. The predicted molar refractivity (Wildman–Crippen MR) is 59.3 cm³/mol. The summed E-state index contributed by atoms with van der Waals surface area (Å²) in [6.07, 6.45) is 0.957. The lowest BCUT2D eigenvalue weighted by Crippen LogP contribution is -2.10. The highest BCUT2D eigenvalue weighted by atomic mass is 32.1. The Morgan fingerprint density at radius 3 is 2.54 bits per heavy atom. The molecule has 0 radical (unpaired) electrons. The van der Waals surface area contributed by atoms with E-state index in [0.29, 0.717) is 0 Å². The molecule has 0 amide bonds. The van der Waals surface area contributed by atoms with E-state index in [1.165, 1.54) is 9.75 Å². The van der Waals surface area contributed by atoms with Gasteiger partial charge in [-0.25, -0.2) is 0 Å². The number of hydrogen-bond donors (Lipinski definition) is 1. The molecule has 68 valence electrons. The van der Waals surface area contributed by atoms with Gasteiger partial charge in [-0.3, -0.25) is 0 Å². The Hall–Kier alpha value is -0.640. The van der Waals surface area contributed by atoms with E-state index in [1.807, 2.05) is 6.07 Å². The molecule has 0 aliphatic heterocycles. The lowest BCUT2D eigenvalue weighted by molar-refractivity contribution is 0.745. The van der Waals surface area contributed by atoms with Gasteiger partial charge in [-0.1, -0.05) is 12.1 Å². The molecule has 0 aromatic carbocycles. The average Bonchev–Trinajstić information content (AvgIpc) is 2.74. The van der Waals surface area contributed by atoms with Crippen LogP contribution in [0.5, 0.6) is 0 Å². The first-order valence-electron chi connectivity index (χ1n) is 4.17. The highest BCUT2D eigenvalue weighted by Crippen LogP contribution is 2.22. The minimum absolute atomic E-state index is 0.165. The zero-order chi connectivity index (χ0) is 9.10. The van der Waals surface area contributed by atoms with Gasteiger partial charge in [-0.2, -0.15) is 0 Å². The monoisotopic (exact) mass is 209 g/mol. The molecular weight excluding hydrogens is 198 g/mol. The quantitative estimate of drug-likeness (QED) is 0.826. The van der Waals surface area contributed by atoms with Gasteiger partial charge in [0.2, 0.25) is 0 Å². The van der Waals surface area contributed by atoms with Crippen molar-refractivity contribution in [3.63, 3.8) is 0 Å². The molecule has 1 nitrogen and oxygen atoms in total. The Morgan fingerprint density at radius 2 is 1.92 bits per heavy atom. The SMILES string of the molecule is NC(Cc1cccs1)c1cccs1. The zero-order valence-corrected chi connectivity index (χ0v) is 8.78. The van der Waals surface area contributed by atoms with Crippen molar-refractivity contribution in [2.45, 2.75) is 12.5 Å². The summed E-state index contributed by atoms with van der Waals surface area (Å²) >= 11 is 3.51. The average molecular weight is 209 g/mol. The van der Waals surface area contributed by atoms with E-state index in [0.717, 1.165) is 6.42 Å². The van der Waals surface area contributed by atoms with E-state index in [2.05, 4.69) is 29.0 Å². The van der Waals surface area contributed by atoms with E-state index < -0.39 is 0 Å². The molecule has 0 fully saturated rings. The summed E-state index contributed by atoms with van der Waals surface area (Å²) in [6, 6.07) is 8.52. The van der Waals surface area contributed by atoms with E-state index in [1.54, 1.807) is 22.7 Å². The molecule has 2 aromatic heterocycles. The minimum Gasteiger partial charge on any atom is -0.323 e. The van der Waals surface area contributed by atoms with Crippen molar-refractivity contribution >= 4 is 22.7 Å². The van der Waals surface area contributed by atoms with Gasteiger partial charge in [0.25, 0.3) is 0 Å². The first kappa shape index (κ1) is 8.94. The van der Waals surface area contributed by atoms with Crippen LogP contribution in [0.25, 0.3) is 0 Å². The van der Waals surface area contributed by atoms with Crippen LogP contribution >= 0.6 is 22.7 Å². The Labute approximate surface area is 85.8 Å². The molecular formula is C10H11NS2. The molecule has 0 aliphatic carbocycles. The normalized spacial score (nSPS) is 13.0. The highest BCUT2D eigenvalue weighted by molar-refractivity contribution is 7.10. The molecule has 2 heterocycles. The van der Waals surface area contributed by atoms with E-state index in [4.69, 9.17) is 5.73 Å². The van der Waals surface area contributed by atoms with Gasteiger partial charge in [0.05, 0.1) is 0 Å². The molecule has 2 aromatic rings. The summed E-state index contributed by atoms with van der Waals surface area (Å²) in [5, 5.41) is 4.17. The number of hydrogen-bond acceptors (Lipinski definition) is 3. The molecule has 0 aliphatic rings. The van der Waals surface area contributed by atoms with Crippen molar-refractivity contribution in [3.05, 3.63) is 44.8 Å². The minimum atomic E-state index is 0.165. The topological polar surface area (TPSA) is 26.0 Å². The van der Waals surface area contributed by atoms with E-state index in [9.17, 15) is 0 Å². The molecule has 1 atom stereocenters. The smallest absolute Gasteiger partial charge is 0.0438 e. The van der Waals surface area contributed by atoms with Crippen molar-refractivity contribution in [3.8, 4) is 0 Å². The molecule has 2 N–H and O–H groups in total. The van der Waals surface area contributed by atoms with Crippen molar-refractivity contribution in [2.24, 2.45) is 5.73 Å². The second kappa shape index (κ2) is 4.05. The van der Waals surface area contributed by atoms with Crippen LogP contribution in [0, 0.1) is 0 Å². The molecule has 13 heavy (non-hydrogen) atoms. The Kier molecular flexibility index (Phi) is 2.78. The largest absolute Gasteiger partial charge is 0.323 e. The number of thiophene rings is 2. The zero-order valence-electron chi connectivity index (χ0n) is 7.14. The van der Waals surface area contributed by atoms with Gasteiger partial charge in [0.1, 0.15) is 0 Å². The lowest BCUT2D eigenvalue weighted by atomic mass is 10.1. The molecule has 2 rings (SSSR count). The molecule has 3 heteroatoms. The van der Waals surface area contributed by atoms with E-state index in [-0.39, 0.29) is 6.04 Å². The van der Waals surface area contributed by atoms with Crippen LogP contribution in [-0.2, 0) is 6.42 Å². The van der Waals surface area contributed by atoms with Crippen molar-refractivity contribution in [1.29, 1.82) is 0 Å². The Bertz CT molecular complexity index is 337. The fourth-order valence-corrected chi connectivity index (χ4v) is 2.74. The van der Waals surface area contributed by atoms with Crippen molar-refractivity contribution in [2.75, 3.05) is 0 Å². The summed E-state index contributed by atoms with van der Waals surface area (Å²) in [7, 11) is 0. The van der Waals surface area contributed by atoms with Crippen molar-refractivity contribution in [1.82, 2.24) is 0 Å². The third-order valence-electron chi connectivity index (χ3n) is 1.91. The third-order valence-corrected chi connectivity index (χ3v) is 3.81. The predicted octanol–water partition coefficient (Wildman–Crippen LogP) is 3.05. The highest BCUT2D eigenvalue weighted by Gasteiger charge is 2.07. The molecule has 0 saturated heterocycles. The lowest BCUT2D eigenvalue weighted by Gasteiger charge is -2.06. The van der Waals surface area contributed by atoms with Crippen LogP contribution in [0.4, 0.5) is 0 Å². The Balaban J connectivity index is 2.04. The second-order valence-electron chi connectivity index (χ2n) is 2.91. The molecule has 0 saturated carbocycles. The first-order valence-corrected chi connectivity index (χ1v) is 5.93. The van der Waals surface area contributed by atoms with Crippen LogP contribution in [0.1, 0.15) is 15.8 Å². The van der Waals surface area contributed by atoms with Crippen LogP contribution in [0.3, 0.4) is 0 Å². The van der Waals surface area contributed by atoms with Gasteiger partial charge in [0, 0.05) is 22.2 Å². The second-order valence-corrected chi connectivity index (χ2v) is 4.92. The maximum Gasteiger partial charge on any atom is 0.0438 e. The van der Waals surface area contributed by atoms with Crippen LogP contribution in [0.15, 0.2) is 35.0 Å². The first-order chi connectivity index (χ1) is 6.36. The van der Waals surface area contributed by atoms with Gasteiger partial charge in [-0.15, -0.1) is 22.7 Å². The standard InChI is InChI=1S/C10H11NS2/c11-9(10-4-2-6-13-10)7-8-3-1-5-12-8/h1-6,9H,7,11H2. The van der Waals surface area contributed by atoms with Gasteiger partial charge < -0.3 is 5.73 Å². The van der Waals surface area contributed by atoms with Gasteiger partial charge >= 0.3 is 0 Å². The maximum atomic E-state index is 6.05. The van der Waals surface area contributed by atoms with Gasteiger partial charge in [-0.05, 0) is 22.9 Å². The summed E-state index contributed by atoms with van der Waals surface area (Å²) in [5.41, 5.74) is 6.05. The fraction of sp³-hybridized carbons (Fsp3) is 0.200. The molecule has 0 spiro atoms. The molecule has 1 unspecified atom stereocenters. The van der Waals surface area contributed by atoms with Crippen LogP contribution in [0.2, 0.25) is 0 Å². The summed E-state index contributed by atoms with van der Waals surface area (Å²) in [6.45, 7) is 0. The molecule has 0 bridgehead atoms. The summed E-state index contributed by atoms with van der Waals surface area (Å²) in [5.74, 6) is 0. The maximum absolute atomic E-state index is 6.05. The fourth-order valence-electron chi connectivity index (χ4n) is 1.25. The van der Waals surface area contributed by atoms with Crippen molar-refractivity contribution < 1.29 is 0 Å². The van der Waals surface area contributed by atoms with E-state index >= 15 is 0 Å².